The standard InChI is InChI=1S/2C3H6O2.H4NO3P/c2*1-2-3(4)5;1-5(2,3)4/h2*2H2,1H3,(H,4,5);(H4,1,2,3,4). The van der Waals surface area contributed by atoms with Crippen LogP contribution in [0.25, 0.3) is 0 Å². The molecule has 0 aromatic carbocycles. The lowest BCUT2D eigenvalue weighted by Gasteiger charge is -1.84. The quantitative estimate of drug-likeness (QED) is 0.425. The minimum atomic E-state index is -4.14. The molecule has 0 heterocycles. The Morgan fingerprint density at radius 1 is 1.07 bits per heavy atom. The fourth-order valence-corrected chi connectivity index (χ4v) is 0. The summed E-state index contributed by atoms with van der Waals surface area (Å²) in [6.45, 7) is 3.20. The van der Waals surface area contributed by atoms with E-state index in [-0.39, 0.29) is 12.8 Å². The van der Waals surface area contributed by atoms with E-state index in [4.69, 9.17) is 24.6 Å². The summed E-state index contributed by atoms with van der Waals surface area (Å²) < 4.78 is 9.10. The molecule has 0 aliphatic rings. The fraction of sp³-hybridized carbons (Fsp3) is 0.667. The van der Waals surface area contributed by atoms with E-state index >= 15 is 0 Å². The summed E-state index contributed by atoms with van der Waals surface area (Å²) in [6, 6.07) is 0. The first-order chi connectivity index (χ1) is 6.54. The van der Waals surface area contributed by atoms with E-state index in [0.717, 1.165) is 0 Å². The molecule has 0 spiro atoms. The molecule has 0 saturated carbocycles. The van der Waals surface area contributed by atoms with Gasteiger partial charge in [0.05, 0.1) is 0 Å². The first-order valence-corrected chi connectivity index (χ1v) is 5.50. The number of carbonyl (C=O) groups is 2. The Kier molecular flexibility index (Phi) is 14.5. The monoisotopic (exact) mass is 245 g/mol. The SMILES string of the molecule is CCC(=O)O.CCC(=O)O.NP(=O)(O)O. The van der Waals surface area contributed by atoms with Crippen molar-refractivity contribution in [2.75, 3.05) is 0 Å². The van der Waals surface area contributed by atoms with Crippen molar-refractivity contribution in [2.45, 2.75) is 26.7 Å². The third-order valence-corrected chi connectivity index (χ3v) is 0.605. The van der Waals surface area contributed by atoms with Gasteiger partial charge in [-0.15, -0.1) is 0 Å². The normalized spacial score (nSPS) is 8.87. The van der Waals surface area contributed by atoms with E-state index in [1.165, 1.54) is 0 Å². The van der Waals surface area contributed by atoms with E-state index in [0.29, 0.717) is 0 Å². The van der Waals surface area contributed by atoms with E-state index in [1.54, 1.807) is 13.8 Å². The van der Waals surface area contributed by atoms with Gasteiger partial charge in [-0.1, -0.05) is 13.8 Å². The summed E-state index contributed by atoms with van der Waals surface area (Å²) in [5, 5.41) is 15.4. The lowest BCUT2D eigenvalue weighted by atomic mass is 10.5. The molecule has 0 saturated heterocycles. The number of carboxylic acid groups (broad SMARTS) is 2. The largest absolute Gasteiger partial charge is 0.481 e. The minimum Gasteiger partial charge on any atom is -0.481 e. The first-order valence-electron chi connectivity index (χ1n) is 3.82. The van der Waals surface area contributed by atoms with Crippen LogP contribution in [0.15, 0.2) is 0 Å². The van der Waals surface area contributed by atoms with Gasteiger partial charge in [-0.2, -0.15) is 0 Å². The molecule has 0 aliphatic heterocycles. The Bertz CT molecular complexity index is 201. The van der Waals surface area contributed by atoms with Crippen LogP contribution in [-0.4, -0.2) is 31.9 Å². The lowest BCUT2D eigenvalue weighted by Crippen LogP contribution is -1.87. The van der Waals surface area contributed by atoms with Gasteiger partial charge in [0.2, 0.25) is 0 Å². The number of rotatable bonds is 2. The molecule has 0 amide bonds. The molecule has 0 fully saturated rings. The highest BCUT2D eigenvalue weighted by Crippen LogP contribution is 2.20. The van der Waals surface area contributed by atoms with Crippen molar-refractivity contribution in [1.29, 1.82) is 0 Å². The Hall–Kier alpha value is -0.950. The zero-order valence-electron chi connectivity index (χ0n) is 8.45. The van der Waals surface area contributed by atoms with Crippen LogP contribution in [0.4, 0.5) is 0 Å². The van der Waals surface area contributed by atoms with Crippen LogP contribution in [0.1, 0.15) is 26.7 Å². The highest BCUT2D eigenvalue weighted by Gasteiger charge is 1.96. The summed E-state index contributed by atoms with van der Waals surface area (Å²) in [5.74, 6) is -1.49. The van der Waals surface area contributed by atoms with Crippen LogP contribution in [0.3, 0.4) is 0 Å². The molecule has 0 aliphatic carbocycles. The number of carboxylic acids is 2. The molecule has 0 atom stereocenters. The molecular weight excluding hydrogens is 229 g/mol. The van der Waals surface area contributed by atoms with Gasteiger partial charge in [0, 0.05) is 12.8 Å². The molecular formula is C6H16NO7P. The maximum atomic E-state index is 9.37. The third-order valence-electron chi connectivity index (χ3n) is 0.605. The average Bonchev–Trinajstić information content (AvgIpc) is 2.02. The van der Waals surface area contributed by atoms with Crippen molar-refractivity contribution in [3.05, 3.63) is 0 Å². The summed E-state index contributed by atoms with van der Waals surface area (Å²) in [7, 11) is -4.14. The highest BCUT2D eigenvalue weighted by atomic mass is 31.2. The van der Waals surface area contributed by atoms with E-state index in [9.17, 15) is 9.59 Å². The van der Waals surface area contributed by atoms with Gasteiger partial charge in [-0.25, -0.2) is 10.1 Å². The predicted octanol–water partition coefficient (Wildman–Crippen LogP) is -0.000200. The Labute approximate surface area is 86.9 Å². The number of nitrogens with two attached hydrogens (primary N) is 1. The number of hydrogen-bond acceptors (Lipinski definition) is 3. The molecule has 0 rings (SSSR count). The molecule has 9 heteroatoms. The van der Waals surface area contributed by atoms with Crippen molar-refractivity contribution in [1.82, 2.24) is 0 Å². The fourth-order valence-electron chi connectivity index (χ4n) is 0. The molecule has 0 aromatic rings. The Balaban J connectivity index is -0.000000144. The van der Waals surface area contributed by atoms with E-state index < -0.39 is 19.7 Å². The van der Waals surface area contributed by atoms with Gasteiger partial charge in [-0.3, -0.25) is 9.59 Å². The summed E-state index contributed by atoms with van der Waals surface area (Å²) in [6.07, 6.45) is 0.444. The molecule has 0 unspecified atom stereocenters. The molecule has 92 valence electrons. The lowest BCUT2D eigenvalue weighted by molar-refractivity contribution is -0.137. The zero-order chi connectivity index (χ0) is 13.1. The van der Waals surface area contributed by atoms with Gasteiger partial charge < -0.3 is 20.0 Å². The molecule has 0 aromatic heterocycles. The van der Waals surface area contributed by atoms with Crippen LogP contribution in [-0.2, 0) is 14.2 Å². The van der Waals surface area contributed by atoms with Gasteiger partial charge in [0.25, 0.3) is 0 Å². The number of aliphatic carboxylic acids is 2. The minimum absolute atomic E-state index is 0.222. The van der Waals surface area contributed by atoms with Crippen LogP contribution < -0.4 is 5.50 Å². The molecule has 6 N–H and O–H groups in total. The second-order valence-electron chi connectivity index (χ2n) is 2.08. The topological polar surface area (TPSA) is 158 Å². The Morgan fingerprint density at radius 2 is 1.13 bits per heavy atom. The smallest absolute Gasteiger partial charge is 0.397 e. The van der Waals surface area contributed by atoms with Crippen molar-refractivity contribution in [3.8, 4) is 0 Å². The zero-order valence-corrected chi connectivity index (χ0v) is 9.35. The highest BCUT2D eigenvalue weighted by molar-refractivity contribution is 7.49. The van der Waals surface area contributed by atoms with Crippen LogP contribution in [0.2, 0.25) is 0 Å². The van der Waals surface area contributed by atoms with Gasteiger partial charge in [-0.05, 0) is 0 Å². The Morgan fingerprint density at radius 3 is 1.13 bits per heavy atom. The second-order valence-corrected chi connectivity index (χ2v) is 3.26. The van der Waals surface area contributed by atoms with Crippen molar-refractivity contribution in [2.24, 2.45) is 5.50 Å². The van der Waals surface area contributed by atoms with E-state index in [2.05, 4.69) is 5.50 Å². The predicted molar refractivity (Wildman–Crippen MR) is 52.1 cm³/mol. The first kappa shape index (κ1) is 19.6. The summed E-state index contributed by atoms with van der Waals surface area (Å²) in [4.78, 5) is 33.6. The van der Waals surface area contributed by atoms with Crippen molar-refractivity contribution in [3.63, 3.8) is 0 Å². The van der Waals surface area contributed by atoms with Crippen LogP contribution >= 0.6 is 7.75 Å². The molecule has 8 nitrogen and oxygen atoms in total. The van der Waals surface area contributed by atoms with E-state index in [1.807, 2.05) is 0 Å². The average molecular weight is 245 g/mol. The van der Waals surface area contributed by atoms with Crippen molar-refractivity contribution < 1.29 is 34.2 Å². The van der Waals surface area contributed by atoms with Gasteiger partial charge in [0.15, 0.2) is 0 Å². The number of hydrogen-bond donors (Lipinski definition) is 5. The van der Waals surface area contributed by atoms with Crippen molar-refractivity contribution >= 4 is 19.7 Å². The van der Waals surface area contributed by atoms with Crippen LogP contribution in [0.5, 0.6) is 0 Å². The second kappa shape index (κ2) is 11.1. The van der Waals surface area contributed by atoms with Gasteiger partial charge >= 0.3 is 19.7 Å². The molecule has 0 radical (unpaired) electrons. The maximum absolute atomic E-state index is 9.37. The summed E-state index contributed by atoms with van der Waals surface area (Å²) in [5.41, 5.74) is 4.02. The van der Waals surface area contributed by atoms with Gasteiger partial charge in [0.1, 0.15) is 0 Å². The summed E-state index contributed by atoms with van der Waals surface area (Å²) >= 11 is 0. The molecule has 0 bridgehead atoms. The third kappa shape index (κ3) is 171. The maximum Gasteiger partial charge on any atom is 0.397 e. The van der Waals surface area contributed by atoms with Crippen LogP contribution in [0, 0.1) is 0 Å². The molecule has 15 heavy (non-hydrogen) atoms.